The summed E-state index contributed by atoms with van der Waals surface area (Å²) in [5.41, 5.74) is 0. The van der Waals surface area contributed by atoms with E-state index in [9.17, 15) is 0 Å². The lowest BCUT2D eigenvalue weighted by Crippen LogP contribution is -1.97. The lowest BCUT2D eigenvalue weighted by Gasteiger charge is -2.14. The fourth-order valence-corrected chi connectivity index (χ4v) is 3.26. The van der Waals surface area contributed by atoms with Gasteiger partial charge < -0.3 is 0 Å². The lowest BCUT2D eigenvalue weighted by atomic mass is 9.93. The van der Waals surface area contributed by atoms with Crippen LogP contribution in [-0.4, -0.2) is 9.59 Å². The number of hydrogen-bond donors (Lipinski definition) is 0. The molecule has 3 heteroatoms. The van der Waals surface area contributed by atoms with Crippen LogP contribution < -0.4 is 0 Å². The van der Waals surface area contributed by atoms with Gasteiger partial charge in [0.25, 0.3) is 0 Å². The van der Waals surface area contributed by atoms with Gasteiger partial charge in [0.15, 0.2) is 0 Å². The molecule has 2 nitrogen and oxygen atoms in total. The van der Waals surface area contributed by atoms with Crippen LogP contribution in [0.4, 0.5) is 0 Å². The molecule has 0 aliphatic carbocycles. The molecule has 1 aromatic rings. The molecule has 0 saturated carbocycles. The first-order valence-electron chi connectivity index (χ1n) is 8.15. The Morgan fingerprint density at radius 1 is 0.895 bits per heavy atom. The largest absolute Gasteiger partial charge is 0.146 e. The molecule has 0 fully saturated rings. The van der Waals surface area contributed by atoms with Gasteiger partial charge in [0.1, 0.15) is 0 Å². The molecular formula is C16H30N2S. The minimum absolute atomic E-state index is 0.721. The summed E-state index contributed by atoms with van der Waals surface area (Å²) in [4.78, 5) is 1.41. The molecule has 0 aliphatic rings. The fourth-order valence-electron chi connectivity index (χ4n) is 2.60. The molecule has 1 atom stereocenters. The van der Waals surface area contributed by atoms with Gasteiger partial charge in [-0.3, -0.25) is 0 Å². The van der Waals surface area contributed by atoms with Crippen molar-refractivity contribution in [3.63, 3.8) is 0 Å². The summed E-state index contributed by atoms with van der Waals surface area (Å²) in [6.45, 7) is 4.55. The van der Waals surface area contributed by atoms with Crippen LogP contribution >= 0.6 is 11.5 Å². The van der Waals surface area contributed by atoms with Gasteiger partial charge in [-0.1, -0.05) is 76.1 Å². The Bertz CT molecular complexity index is 285. The molecular weight excluding hydrogens is 252 g/mol. The molecule has 19 heavy (non-hydrogen) atoms. The first-order chi connectivity index (χ1) is 9.38. The van der Waals surface area contributed by atoms with Crippen molar-refractivity contribution in [2.45, 2.75) is 90.4 Å². The quantitative estimate of drug-likeness (QED) is 0.442. The molecule has 0 radical (unpaired) electrons. The molecule has 1 aromatic heterocycles. The summed E-state index contributed by atoms with van der Waals surface area (Å²) in [5, 5.41) is 4.01. The van der Waals surface area contributed by atoms with E-state index in [0.29, 0.717) is 0 Å². The maximum atomic E-state index is 4.04. The van der Waals surface area contributed by atoms with E-state index in [0.717, 1.165) is 5.92 Å². The smallest absolute Gasteiger partial charge is 0.0655 e. The van der Waals surface area contributed by atoms with Crippen molar-refractivity contribution in [3.8, 4) is 0 Å². The van der Waals surface area contributed by atoms with Gasteiger partial charge in [-0.15, -0.1) is 5.10 Å². The normalized spacial score (nSPS) is 12.7. The van der Waals surface area contributed by atoms with Gasteiger partial charge >= 0.3 is 0 Å². The molecule has 0 amide bonds. The first-order valence-corrected chi connectivity index (χ1v) is 8.93. The highest BCUT2D eigenvalue weighted by molar-refractivity contribution is 7.05. The summed E-state index contributed by atoms with van der Waals surface area (Å²) >= 11 is 1.60. The summed E-state index contributed by atoms with van der Waals surface area (Å²) < 4.78 is 4.04. The molecule has 0 bridgehead atoms. The summed E-state index contributed by atoms with van der Waals surface area (Å²) in [5.74, 6) is 0.721. The second kappa shape index (κ2) is 11.4. The fraction of sp³-hybridized carbons (Fsp3) is 0.875. The number of aromatic nitrogens is 2. The van der Waals surface area contributed by atoms with E-state index in [2.05, 4.69) is 23.4 Å². The van der Waals surface area contributed by atoms with E-state index in [-0.39, 0.29) is 0 Å². The third-order valence-electron chi connectivity index (χ3n) is 3.84. The molecule has 0 saturated heterocycles. The zero-order valence-electron chi connectivity index (χ0n) is 12.7. The maximum absolute atomic E-state index is 4.04. The molecule has 0 aromatic carbocycles. The standard InChI is InChI=1S/C16H30N2S/c1-3-5-7-9-11-13-15(12-10-8-6-4-2)16-14-17-18-19-16/h14-15H,3-13H2,1-2H3. The summed E-state index contributed by atoms with van der Waals surface area (Å²) in [7, 11) is 0. The third kappa shape index (κ3) is 7.66. The molecule has 110 valence electrons. The van der Waals surface area contributed by atoms with Gasteiger partial charge in [-0.05, 0) is 30.3 Å². The Morgan fingerprint density at radius 3 is 2.00 bits per heavy atom. The van der Waals surface area contributed by atoms with Crippen molar-refractivity contribution in [2.75, 3.05) is 0 Å². The average molecular weight is 282 g/mol. The van der Waals surface area contributed by atoms with Crippen molar-refractivity contribution >= 4 is 11.5 Å². The van der Waals surface area contributed by atoms with Gasteiger partial charge in [0, 0.05) is 4.88 Å². The Labute approximate surface area is 123 Å². The second-order valence-corrected chi connectivity index (χ2v) is 6.39. The van der Waals surface area contributed by atoms with Crippen LogP contribution in [0.2, 0.25) is 0 Å². The zero-order chi connectivity index (χ0) is 13.8. The average Bonchev–Trinajstić information content (AvgIpc) is 2.95. The van der Waals surface area contributed by atoms with Crippen molar-refractivity contribution in [3.05, 3.63) is 11.1 Å². The Balaban J connectivity index is 2.25. The molecule has 1 rings (SSSR count). The zero-order valence-corrected chi connectivity index (χ0v) is 13.6. The Kier molecular flexibility index (Phi) is 9.96. The highest BCUT2D eigenvalue weighted by Gasteiger charge is 2.13. The molecule has 1 unspecified atom stereocenters. The minimum Gasteiger partial charge on any atom is -0.146 e. The lowest BCUT2D eigenvalue weighted by molar-refractivity contribution is 0.497. The molecule has 0 spiro atoms. The number of unbranched alkanes of at least 4 members (excludes halogenated alkanes) is 7. The highest BCUT2D eigenvalue weighted by atomic mass is 32.1. The monoisotopic (exact) mass is 282 g/mol. The maximum Gasteiger partial charge on any atom is 0.0655 e. The first kappa shape index (κ1) is 16.6. The van der Waals surface area contributed by atoms with Crippen LogP contribution in [0.15, 0.2) is 6.20 Å². The van der Waals surface area contributed by atoms with Gasteiger partial charge in [-0.2, -0.15) is 0 Å². The second-order valence-electron chi connectivity index (χ2n) is 5.57. The van der Waals surface area contributed by atoms with Crippen LogP contribution in [-0.2, 0) is 0 Å². The van der Waals surface area contributed by atoms with Crippen molar-refractivity contribution in [2.24, 2.45) is 0 Å². The number of hydrogen-bond acceptors (Lipinski definition) is 3. The van der Waals surface area contributed by atoms with Crippen molar-refractivity contribution < 1.29 is 0 Å². The summed E-state index contributed by atoms with van der Waals surface area (Å²) in [6.07, 6.45) is 17.0. The predicted octanol–water partition coefficient (Wildman–Crippen LogP) is 5.95. The van der Waals surface area contributed by atoms with Crippen LogP contribution in [0, 0.1) is 0 Å². The molecule has 0 aliphatic heterocycles. The SMILES string of the molecule is CCCCCCCC(CCCCCC)c1cnns1. The van der Waals surface area contributed by atoms with E-state index >= 15 is 0 Å². The van der Waals surface area contributed by atoms with E-state index in [1.165, 1.54) is 75.5 Å². The molecule has 0 N–H and O–H groups in total. The number of nitrogens with zero attached hydrogens (tertiary/aromatic N) is 2. The van der Waals surface area contributed by atoms with Crippen molar-refractivity contribution in [1.82, 2.24) is 9.59 Å². The van der Waals surface area contributed by atoms with Crippen molar-refractivity contribution in [1.29, 1.82) is 0 Å². The van der Waals surface area contributed by atoms with Crippen LogP contribution in [0.5, 0.6) is 0 Å². The molecule has 1 heterocycles. The topological polar surface area (TPSA) is 25.8 Å². The van der Waals surface area contributed by atoms with Crippen LogP contribution in [0.25, 0.3) is 0 Å². The number of rotatable bonds is 12. The van der Waals surface area contributed by atoms with E-state index in [1.54, 1.807) is 11.5 Å². The van der Waals surface area contributed by atoms with Crippen LogP contribution in [0.1, 0.15) is 95.3 Å². The predicted molar refractivity (Wildman–Crippen MR) is 84.8 cm³/mol. The van der Waals surface area contributed by atoms with Gasteiger partial charge in [0.05, 0.1) is 6.20 Å². The van der Waals surface area contributed by atoms with E-state index in [1.807, 2.05) is 6.20 Å². The minimum atomic E-state index is 0.721. The summed E-state index contributed by atoms with van der Waals surface area (Å²) in [6, 6.07) is 0. The van der Waals surface area contributed by atoms with E-state index < -0.39 is 0 Å². The Hall–Kier alpha value is -0.440. The van der Waals surface area contributed by atoms with Gasteiger partial charge in [-0.25, -0.2) is 0 Å². The van der Waals surface area contributed by atoms with E-state index in [4.69, 9.17) is 0 Å². The Morgan fingerprint density at radius 2 is 1.47 bits per heavy atom. The van der Waals surface area contributed by atoms with Crippen LogP contribution in [0.3, 0.4) is 0 Å². The van der Waals surface area contributed by atoms with Gasteiger partial charge in [0.2, 0.25) is 0 Å². The third-order valence-corrected chi connectivity index (χ3v) is 4.67. The highest BCUT2D eigenvalue weighted by Crippen LogP contribution is 2.29.